The topological polar surface area (TPSA) is 39.1 Å². The average molecular weight is 259 g/mol. The number of benzene rings is 1. The normalized spacial score (nSPS) is 12.2. The summed E-state index contributed by atoms with van der Waals surface area (Å²) in [4.78, 5) is 0. The fourth-order valence-corrected chi connectivity index (χ4v) is 2.26. The molecule has 4 heteroatoms. The van der Waals surface area contributed by atoms with Crippen LogP contribution in [0.3, 0.4) is 0 Å². The lowest BCUT2D eigenvalue weighted by atomic mass is 10.1. The van der Waals surface area contributed by atoms with Gasteiger partial charge in [0.15, 0.2) is 0 Å². The van der Waals surface area contributed by atoms with Crippen LogP contribution in [-0.4, -0.2) is 22.9 Å². The molecule has 2 aromatic rings. The first-order valence-electron chi connectivity index (χ1n) is 6.49. The number of anilines is 1. The molecule has 0 spiro atoms. The third-order valence-electron chi connectivity index (χ3n) is 3.13. The van der Waals surface area contributed by atoms with Crippen LogP contribution in [0.4, 0.5) is 5.69 Å². The second-order valence-electron chi connectivity index (χ2n) is 4.86. The highest BCUT2D eigenvalue weighted by molar-refractivity contribution is 5.47. The summed E-state index contributed by atoms with van der Waals surface area (Å²) in [6.07, 6.45) is 2.92. The number of para-hydroxylation sites is 1. The van der Waals surface area contributed by atoms with Crippen molar-refractivity contribution >= 4 is 5.69 Å². The quantitative estimate of drug-likeness (QED) is 0.897. The molecule has 0 aliphatic heterocycles. The molecule has 0 saturated carbocycles. The van der Waals surface area contributed by atoms with Gasteiger partial charge in [-0.25, -0.2) is 0 Å². The van der Waals surface area contributed by atoms with E-state index in [-0.39, 0.29) is 0 Å². The van der Waals surface area contributed by atoms with Crippen molar-refractivity contribution in [3.05, 3.63) is 41.7 Å². The molecule has 1 aromatic carbocycles. The SMILES string of the molecule is COc1ccccc1CC(C)Nc1cn(C)nc1C. The van der Waals surface area contributed by atoms with E-state index in [1.54, 1.807) is 7.11 Å². The molecule has 1 N–H and O–H groups in total. The Hall–Kier alpha value is -1.97. The Labute approximate surface area is 114 Å². The predicted molar refractivity (Wildman–Crippen MR) is 77.7 cm³/mol. The largest absolute Gasteiger partial charge is 0.496 e. The third kappa shape index (κ3) is 3.28. The number of hydrogen-bond donors (Lipinski definition) is 1. The van der Waals surface area contributed by atoms with E-state index in [1.807, 2.05) is 43.0 Å². The van der Waals surface area contributed by atoms with Crippen LogP contribution in [0.2, 0.25) is 0 Å². The number of ether oxygens (including phenoxy) is 1. The van der Waals surface area contributed by atoms with Crippen molar-refractivity contribution in [1.82, 2.24) is 9.78 Å². The second kappa shape index (κ2) is 5.78. The minimum Gasteiger partial charge on any atom is -0.496 e. The molecule has 0 bridgehead atoms. The molecule has 1 atom stereocenters. The Morgan fingerprint density at radius 3 is 2.74 bits per heavy atom. The van der Waals surface area contributed by atoms with Crippen LogP contribution in [0.5, 0.6) is 5.75 Å². The van der Waals surface area contributed by atoms with Crippen LogP contribution < -0.4 is 10.1 Å². The van der Waals surface area contributed by atoms with E-state index in [0.29, 0.717) is 6.04 Å². The molecule has 0 aliphatic rings. The Morgan fingerprint density at radius 1 is 1.37 bits per heavy atom. The molecule has 1 aromatic heterocycles. The van der Waals surface area contributed by atoms with Gasteiger partial charge in [-0.15, -0.1) is 0 Å². The van der Waals surface area contributed by atoms with Crippen LogP contribution in [0.1, 0.15) is 18.2 Å². The first kappa shape index (κ1) is 13.5. The molecular weight excluding hydrogens is 238 g/mol. The number of methoxy groups -OCH3 is 1. The van der Waals surface area contributed by atoms with E-state index >= 15 is 0 Å². The smallest absolute Gasteiger partial charge is 0.122 e. The highest BCUT2D eigenvalue weighted by Crippen LogP contribution is 2.21. The van der Waals surface area contributed by atoms with Gasteiger partial charge in [0.1, 0.15) is 5.75 Å². The second-order valence-corrected chi connectivity index (χ2v) is 4.86. The highest BCUT2D eigenvalue weighted by Gasteiger charge is 2.10. The summed E-state index contributed by atoms with van der Waals surface area (Å²) in [7, 11) is 3.64. The zero-order valence-electron chi connectivity index (χ0n) is 12.0. The molecule has 4 nitrogen and oxygen atoms in total. The van der Waals surface area contributed by atoms with Crippen LogP contribution in [0, 0.1) is 6.92 Å². The van der Waals surface area contributed by atoms with Gasteiger partial charge in [0, 0.05) is 19.3 Å². The van der Waals surface area contributed by atoms with Crippen molar-refractivity contribution in [2.45, 2.75) is 26.3 Å². The van der Waals surface area contributed by atoms with E-state index in [0.717, 1.165) is 23.6 Å². The minimum absolute atomic E-state index is 0.319. The van der Waals surface area contributed by atoms with E-state index in [4.69, 9.17) is 4.74 Å². The fourth-order valence-electron chi connectivity index (χ4n) is 2.26. The first-order chi connectivity index (χ1) is 9.10. The molecule has 1 heterocycles. The highest BCUT2D eigenvalue weighted by atomic mass is 16.5. The summed E-state index contributed by atoms with van der Waals surface area (Å²) in [5, 5.41) is 7.83. The number of nitrogens with zero attached hydrogens (tertiary/aromatic N) is 2. The summed E-state index contributed by atoms with van der Waals surface area (Å²) in [6.45, 7) is 4.18. The minimum atomic E-state index is 0.319. The summed E-state index contributed by atoms with van der Waals surface area (Å²) in [5.74, 6) is 0.944. The molecular formula is C15H21N3O. The molecule has 102 valence electrons. The van der Waals surface area contributed by atoms with Crippen LogP contribution >= 0.6 is 0 Å². The monoisotopic (exact) mass is 259 g/mol. The summed E-state index contributed by atoms with van der Waals surface area (Å²) >= 11 is 0. The molecule has 0 saturated heterocycles. The van der Waals surface area contributed by atoms with Gasteiger partial charge in [-0.05, 0) is 31.9 Å². The van der Waals surface area contributed by atoms with Gasteiger partial charge in [0.25, 0.3) is 0 Å². The number of nitrogens with one attached hydrogen (secondary N) is 1. The zero-order valence-corrected chi connectivity index (χ0v) is 12.0. The first-order valence-corrected chi connectivity index (χ1v) is 6.49. The number of aromatic nitrogens is 2. The van der Waals surface area contributed by atoms with Crippen molar-refractivity contribution in [1.29, 1.82) is 0 Å². The van der Waals surface area contributed by atoms with E-state index in [9.17, 15) is 0 Å². The van der Waals surface area contributed by atoms with Crippen molar-refractivity contribution in [3.8, 4) is 5.75 Å². The average Bonchev–Trinajstić information content (AvgIpc) is 2.68. The number of rotatable bonds is 5. The maximum atomic E-state index is 5.38. The lowest BCUT2D eigenvalue weighted by molar-refractivity contribution is 0.409. The Balaban J connectivity index is 2.05. The molecule has 0 fully saturated rings. The summed E-state index contributed by atoms with van der Waals surface area (Å²) in [6, 6.07) is 8.45. The lowest BCUT2D eigenvalue weighted by Gasteiger charge is -2.16. The van der Waals surface area contributed by atoms with Crippen LogP contribution in [-0.2, 0) is 13.5 Å². The van der Waals surface area contributed by atoms with Gasteiger partial charge in [0.05, 0.1) is 18.5 Å². The van der Waals surface area contributed by atoms with E-state index < -0.39 is 0 Å². The van der Waals surface area contributed by atoms with Gasteiger partial charge in [0.2, 0.25) is 0 Å². The maximum Gasteiger partial charge on any atom is 0.122 e. The van der Waals surface area contributed by atoms with Crippen molar-refractivity contribution < 1.29 is 4.74 Å². The van der Waals surface area contributed by atoms with Gasteiger partial charge in [-0.3, -0.25) is 4.68 Å². The van der Waals surface area contributed by atoms with Crippen molar-refractivity contribution in [2.24, 2.45) is 7.05 Å². The van der Waals surface area contributed by atoms with E-state index in [1.165, 1.54) is 5.56 Å². The third-order valence-corrected chi connectivity index (χ3v) is 3.13. The predicted octanol–water partition coefficient (Wildman–Crippen LogP) is 2.78. The Kier molecular flexibility index (Phi) is 4.10. The molecule has 0 aliphatic carbocycles. The summed E-state index contributed by atoms with van der Waals surface area (Å²) in [5.41, 5.74) is 3.32. The Morgan fingerprint density at radius 2 is 2.11 bits per heavy atom. The van der Waals surface area contributed by atoms with Gasteiger partial charge >= 0.3 is 0 Å². The standard InChI is InChI=1S/C15H21N3O/c1-11(16-14-10-18(3)17-12(14)2)9-13-7-5-6-8-15(13)19-4/h5-8,10-11,16H,9H2,1-4H3. The van der Waals surface area contributed by atoms with Crippen LogP contribution in [0.15, 0.2) is 30.5 Å². The van der Waals surface area contributed by atoms with Crippen LogP contribution in [0.25, 0.3) is 0 Å². The molecule has 19 heavy (non-hydrogen) atoms. The lowest BCUT2D eigenvalue weighted by Crippen LogP contribution is -2.18. The van der Waals surface area contributed by atoms with Gasteiger partial charge < -0.3 is 10.1 Å². The number of hydrogen-bond acceptors (Lipinski definition) is 3. The fraction of sp³-hybridized carbons (Fsp3) is 0.400. The number of aryl methyl sites for hydroxylation is 2. The van der Waals surface area contributed by atoms with E-state index in [2.05, 4.69) is 23.4 Å². The Bertz CT molecular complexity index is 548. The molecule has 0 amide bonds. The van der Waals surface area contributed by atoms with Gasteiger partial charge in [-0.2, -0.15) is 5.10 Å². The zero-order chi connectivity index (χ0) is 13.8. The molecule has 1 unspecified atom stereocenters. The van der Waals surface area contributed by atoms with Crippen molar-refractivity contribution in [2.75, 3.05) is 12.4 Å². The maximum absolute atomic E-state index is 5.38. The van der Waals surface area contributed by atoms with Gasteiger partial charge in [-0.1, -0.05) is 18.2 Å². The van der Waals surface area contributed by atoms with Crippen molar-refractivity contribution in [3.63, 3.8) is 0 Å². The molecule has 2 rings (SSSR count). The molecule has 0 radical (unpaired) electrons. The summed E-state index contributed by atoms with van der Waals surface area (Å²) < 4.78 is 7.21.